The first-order valence-electron chi connectivity index (χ1n) is 6.97. The SMILES string of the molecule is CCc1cc(CC2(N)Cc3ccccc3C2)n(C)n1. The number of benzene rings is 1. The summed E-state index contributed by atoms with van der Waals surface area (Å²) in [7, 11) is 2.01. The molecular formula is C16H21N3. The summed E-state index contributed by atoms with van der Waals surface area (Å²) in [5, 5.41) is 4.51. The summed E-state index contributed by atoms with van der Waals surface area (Å²) in [6, 6.07) is 10.8. The van der Waals surface area contributed by atoms with Gasteiger partial charge in [-0.1, -0.05) is 31.2 Å². The van der Waals surface area contributed by atoms with Crippen LogP contribution in [0.4, 0.5) is 0 Å². The van der Waals surface area contributed by atoms with Crippen molar-refractivity contribution in [2.45, 2.75) is 38.1 Å². The molecule has 3 nitrogen and oxygen atoms in total. The summed E-state index contributed by atoms with van der Waals surface area (Å²) >= 11 is 0. The molecule has 1 aliphatic carbocycles. The molecule has 0 radical (unpaired) electrons. The Morgan fingerprint density at radius 2 is 1.89 bits per heavy atom. The fourth-order valence-electron chi connectivity index (χ4n) is 3.12. The molecule has 1 heterocycles. The van der Waals surface area contributed by atoms with Gasteiger partial charge in [-0.3, -0.25) is 4.68 Å². The highest BCUT2D eigenvalue weighted by Gasteiger charge is 2.34. The average Bonchev–Trinajstić information content (AvgIpc) is 2.89. The van der Waals surface area contributed by atoms with Gasteiger partial charge in [0.1, 0.15) is 0 Å². The molecule has 0 amide bonds. The van der Waals surface area contributed by atoms with Crippen molar-refractivity contribution in [1.82, 2.24) is 9.78 Å². The number of nitrogens with zero attached hydrogens (tertiary/aromatic N) is 2. The van der Waals surface area contributed by atoms with E-state index in [4.69, 9.17) is 5.73 Å². The van der Waals surface area contributed by atoms with Crippen molar-refractivity contribution in [3.05, 3.63) is 52.8 Å². The van der Waals surface area contributed by atoms with Gasteiger partial charge in [0.25, 0.3) is 0 Å². The molecule has 0 saturated heterocycles. The van der Waals surface area contributed by atoms with E-state index in [9.17, 15) is 0 Å². The molecule has 1 aromatic heterocycles. The van der Waals surface area contributed by atoms with E-state index < -0.39 is 0 Å². The van der Waals surface area contributed by atoms with Crippen molar-refractivity contribution >= 4 is 0 Å². The van der Waals surface area contributed by atoms with E-state index in [-0.39, 0.29) is 5.54 Å². The van der Waals surface area contributed by atoms with Gasteiger partial charge in [-0.25, -0.2) is 0 Å². The maximum Gasteiger partial charge on any atom is 0.0624 e. The molecule has 100 valence electrons. The predicted molar refractivity (Wildman–Crippen MR) is 77.1 cm³/mol. The van der Waals surface area contributed by atoms with Crippen LogP contribution in [0.15, 0.2) is 30.3 Å². The summed E-state index contributed by atoms with van der Waals surface area (Å²) < 4.78 is 1.98. The Morgan fingerprint density at radius 1 is 1.26 bits per heavy atom. The lowest BCUT2D eigenvalue weighted by Gasteiger charge is -2.23. The summed E-state index contributed by atoms with van der Waals surface area (Å²) in [5.41, 5.74) is 11.7. The predicted octanol–water partition coefficient (Wildman–Crippen LogP) is 2.02. The molecule has 0 saturated carbocycles. The first kappa shape index (κ1) is 12.4. The number of hydrogen-bond acceptors (Lipinski definition) is 2. The van der Waals surface area contributed by atoms with Crippen molar-refractivity contribution < 1.29 is 0 Å². The standard InChI is InChI=1S/C16H21N3/c1-3-14-8-15(19(2)18-14)11-16(17)9-12-6-4-5-7-13(12)10-16/h4-8H,3,9-11,17H2,1-2H3. The summed E-state index contributed by atoms with van der Waals surface area (Å²) in [6.07, 6.45) is 3.81. The summed E-state index contributed by atoms with van der Waals surface area (Å²) in [5.74, 6) is 0. The lowest BCUT2D eigenvalue weighted by molar-refractivity contribution is 0.432. The van der Waals surface area contributed by atoms with Gasteiger partial charge in [-0.15, -0.1) is 0 Å². The van der Waals surface area contributed by atoms with Gasteiger partial charge < -0.3 is 5.73 Å². The number of hydrogen-bond donors (Lipinski definition) is 1. The highest BCUT2D eigenvalue weighted by atomic mass is 15.3. The molecule has 0 atom stereocenters. The maximum absolute atomic E-state index is 6.62. The van der Waals surface area contributed by atoms with Crippen molar-refractivity contribution in [3.8, 4) is 0 Å². The molecule has 0 spiro atoms. The number of rotatable bonds is 3. The summed E-state index contributed by atoms with van der Waals surface area (Å²) in [4.78, 5) is 0. The Morgan fingerprint density at radius 3 is 2.42 bits per heavy atom. The van der Waals surface area contributed by atoms with Crippen LogP contribution in [-0.4, -0.2) is 15.3 Å². The van der Waals surface area contributed by atoms with E-state index in [1.54, 1.807) is 0 Å². The van der Waals surface area contributed by atoms with Crippen molar-refractivity contribution in [3.63, 3.8) is 0 Å². The third-order valence-corrected chi connectivity index (χ3v) is 4.13. The van der Waals surface area contributed by atoms with E-state index in [2.05, 4.69) is 42.4 Å². The Labute approximate surface area is 114 Å². The zero-order chi connectivity index (χ0) is 13.5. The Kier molecular flexibility index (Phi) is 2.94. The second kappa shape index (κ2) is 4.49. The smallest absolute Gasteiger partial charge is 0.0624 e. The van der Waals surface area contributed by atoms with Crippen LogP contribution < -0.4 is 5.73 Å². The topological polar surface area (TPSA) is 43.8 Å². The highest BCUT2D eigenvalue weighted by Crippen LogP contribution is 2.30. The largest absolute Gasteiger partial charge is 0.324 e. The van der Waals surface area contributed by atoms with E-state index in [0.29, 0.717) is 0 Å². The number of aromatic nitrogens is 2. The molecule has 0 unspecified atom stereocenters. The van der Waals surface area contributed by atoms with Crippen LogP contribution in [0.25, 0.3) is 0 Å². The molecule has 3 rings (SSSR count). The highest BCUT2D eigenvalue weighted by molar-refractivity contribution is 5.37. The minimum absolute atomic E-state index is 0.150. The molecule has 0 bridgehead atoms. The van der Waals surface area contributed by atoms with Gasteiger partial charge in [-0.2, -0.15) is 5.10 Å². The van der Waals surface area contributed by atoms with Crippen molar-refractivity contribution in [2.24, 2.45) is 12.8 Å². The van der Waals surface area contributed by atoms with Crippen LogP contribution in [0.2, 0.25) is 0 Å². The van der Waals surface area contributed by atoms with Gasteiger partial charge in [-0.05, 0) is 36.5 Å². The van der Waals surface area contributed by atoms with Crippen LogP contribution in [-0.2, 0) is 32.7 Å². The minimum Gasteiger partial charge on any atom is -0.324 e. The van der Waals surface area contributed by atoms with Gasteiger partial charge in [0.15, 0.2) is 0 Å². The van der Waals surface area contributed by atoms with Crippen molar-refractivity contribution in [2.75, 3.05) is 0 Å². The third kappa shape index (κ3) is 2.30. The Balaban J connectivity index is 1.82. The molecule has 2 N–H and O–H groups in total. The lowest BCUT2D eigenvalue weighted by atomic mass is 9.91. The van der Waals surface area contributed by atoms with Crippen LogP contribution in [0, 0.1) is 0 Å². The number of fused-ring (bicyclic) bond motifs is 1. The zero-order valence-corrected chi connectivity index (χ0v) is 11.7. The van der Waals surface area contributed by atoms with Gasteiger partial charge in [0, 0.05) is 24.7 Å². The molecule has 0 aliphatic heterocycles. The van der Waals surface area contributed by atoms with Crippen LogP contribution in [0.3, 0.4) is 0 Å². The maximum atomic E-state index is 6.62. The molecule has 0 fully saturated rings. The minimum atomic E-state index is -0.150. The molecule has 1 aliphatic rings. The Bertz CT molecular complexity index is 573. The molecule has 1 aromatic carbocycles. The van der Waals surface area contributed by atoms with Crippen molar-refractivity contribution in [1.29, 1.82) is 0 Å². The Hall–Kier alpha value is -1.61. The number of nitrogens with two attached hydrogens (primary N) is 1. The van der Waals surface area contributed by atoms with Gasteiger partial charge in [0.05, 0.1) is 5.69 Å². The average molecular weight is 255 g/mol. The van der Waals surface area contributed by atoms with E-state index in [1.807, 2.05) is 11.7 Å². The molecule has 3 heteroatoms. The third-order valence-electron chi connectivity index (χ3n) is 4.13. The monoisotopic (exact) mass is 255 g/mol. The fourth-order valence-corrected chi connectivity index (χ4v) is 3.12. The molecule has 2 aromatic rings. The quantitative estimate of drug-likeness (QED) is 0.912. The summed E-state index contributed by atoms with van der Waals surface area (Å²) in [6.45, 7) is 2.13. The second-order valence-electron chi connectivity index (χ2n) is 5.77. The fraction of sp³-hybridized carbons (Fsp3) is 0.438. The van der Waals surface area contributed by atoms with Crippen LogP contribution >= 0.6 is 0 Å². The second-order valence-corrected chi connectivity index (χ2v) is 5.77. The van der Waals surface area contributed by atoms with Gasteiger partial charge in [0.2, 0.25) is 0 Å². The van der Waals surface area contributed by atoms with E-state index in [1.165, 1.54) is 16.8 Å². The lowest BCUT2D eigenvalue weighted by Crippen LogP contribution is -2.43. The molecular weight excluding hydrogens is 234 g/mol. The number of aryl methyl sites for hydroxylation is 2. The normalized spacial score (nSPS) is 16.6. The van der Waals surface area contributed by atoms with E-state index >= 15 is 0 Å². The van der Waals surface area contributed by atoms with Crippen LogP contribution in [0.1, 0.15) is 29.4 Å². The molecule has 19 heavy (non-hydrogen) atoms. The zero-order valence-electron chi connectivity index (χ0n) is 11.7. The van der Waals surface area contributed by atoms with Gasteiger partial charge >= 0.3 is 0 Å². The first-order valence-corrected chi connectivity index (χ1v) is 6.97. The first-order chi connectivity index (χ1) is 9.09. The van der Waals surface area contributed by atoms with Crippen LogP contribution in [0.5, 0.6) is 0 Å². The van der Waals surface area contributed by atoms with E-state index in [0.717, 1.165) is 31.4 Å².